The van der Waals surface area contributed by atoms with E-state index in [-0.39, 0.29) is 6.07 Å². The molecule has 0 fully saturated rings. The van der Waals surface area contributed by atoms with E-state index in [9.17, 15) is 65.9 Å². The zero-order valence-corrected chi connectivity index (χ0v) is 13.8. The van der Waals surface area contributed by atoms with Gasteiger partial charge in [-0.05, 0) is 12.1 Å². The zero-order chi connectivity index (χ0) is 24.4. The van der Waals surface area contributed by atoms with E-state index >= 15 is 0 Å². The fourth-order valence-corrected chi connectivity index (χ4v) is 2.83. The van der Waals surface area contributed by atoms with Crippen LogP contribution in [0.3, 0.4) is 0 Å². The lowest BCUT2D eigenvalue weighted by molar-refractivity contribution is -0.188. The molecule has 0 saturated carbocycles. The Morgan fingerprint density at radius 1 is 0.452 bits per heavy atom. The monoisotopic (exact) mass is 484 g/mol. The standard InChI is InChI=1S/C15H3F15O/c16-11(17,18)6-5(4-2-1-3-31-4)7(12(19,20)21)9(14(25,26)27)10(15(28,29)30)8(6)13(22,23)24/h1-3H. The molecule has 0 spiro atoms. The summed E-state index contributed by atoms with van der Waals surface area (Å²) in [7, 11) is 0. The van der Waals surface area contributed by atoms with Crippen LogP contribution < -0.4 is 0 Å². The van der Waals surface area contributed by atoms with Gasteiger partial charge in [0.1, 0.15) is 5.76 Å². The van der Waals surface area contributed by atoms with Gasteiger partial charge in [0.05, 0.1) is 34.1 Å². The van der Waals surface area contributed by atoms with Crippen LogP contribution in [0.25, 0.3) is 11.3 Å². The molecule has 0 bridgehead atoms. The molecule has 2 aromatic rings. The van der Waals surface area contributed by atoms with E-state index in [0.29, 0.717) is 12.3 Å². The number of rotatable bonds is 1. The summed E-state index contributed by atoms with van der Waals surface area (Å²) < 4.78 is 204. The third-order valence-corrected chi connectivity index (χ3v) is 3.68. The van der Waals surface area contributed by atoms with E-state index < -0.39 is 70.0 Å². The van der Waals surface area contributed by atoms with Gasteiger partial charge in [-0.3, -0.25) is 0 Å². The first-order valence-electron chi connectivity index (χ1n) is 7.23. The molecular formula is C15H3F15O. The van der Waals surface area contributed by atoms with Gasteiger partial charge >= 0.3 is 30.9 Å². The molecule has 0 aliphatic heterocycles. The lowest BCUT2D eigenvalue weighted by atomic mass is 9.83. The van der Waals surface area contributed by atoms with E-state index in [1.54, 1.807) is 0 Å². The van der Waals surface area contributed by atoms with Crippen molar-refractivity contribution in [2.45, 2.75) is 30.9 Å². The molecule has 0 radical (unpaired) electrons. The second-order valence-corrected chi connectivity index (χ2v) is 5.72. The Morgan fingerprint density at radius 3 is 0.968 bits per heavy atom. The van der Waals surface area contributed by atoms with Crippen molar-refractivity contribution in [3.05, 3.63) is 46.2 Å². The molecule has 0 unspecified atom stereocenters. The van der Waals surface area contributed by atoms with Crippen LogP contribution in [0.1, 0.15) is 27.8 Å². The highest BCUT2D eigenvalue weighted by atomic mass is 19.4. The first-order chi connectivity index (χ1) is 13.6. The summed E-state index contributed by atoms with van der Waals surface area (Å²) >= 11 is 0. The third kappa shape index (κ3) is 4.56. The van der Waals surface area contributed by atoms with E-state index in [4.69, 9.17) is 0 Å². The Kier molecular flexibility index (Phi) is 5.57. The summed E-state index contributed by atoms with van der Waals surface area (Å²) in [5.74, 6) is -1.82. The average molecular weight is 484 g/mol. The smallest absolute Gasteiger partial charge is 0.417 e. The van der Waals surface area contributed by atoms with Gasteiger partial charge in [0.15, 0.2) is 0 Å². The van der Waals surface area contributed by atoms with E-state index in [1.807, 2.05) is 0 Å². The van der Waals surface area contributed by atoms with Gasteiger partial charge in [-0.25, -0.2) is 0 Å². The summed E-state index contributed by atoms with van der Waals surface area (Å²) in [5.41, 5.74) is -22.2. The molecule has 0 aliphatic rings. The fraction of sp³-hybridized carbons (Fsp3) is 0.333. The Hall–Kier alpha value is -2.55. The molecule has 0 aliphatic carbocycles. The normalized spacial score (nSPS) is 14.3. The molecule has 2 rings (SSSR count). The van der Waals surface area contributed by atoms with Crippen molar-refractivity contribution in [2.75, 3.05) is 0 Å². The number of furan rings is 1. The second-order valence-electron chi connectivity index (χ2n) is 5.72. The van der Waals surface area contributed by atoms with Crippen molar-refractivity contribution in [3.8, 4) is 11.3 Å². The highest BCUT2D eigenvalue weighted by Crippen LogP contribution is 2.58. The van der Waals surface area contributed by atoms with Crippen LogP contribution in [0, 0.1) is 0 Å². The third-order valence-electron chi connectivity index (χ3n) is 3.68. The molecular weight excluding hydrogens is 481 g/mol. The second kappa shape index (κ2) is 6.98. The van der Waals surface area contributed by atoms with Gasteiger partial charge in [0.25, 0.3) is 0 Å². The van der Waals surface area contributed by atoms with Crippen molar-refractivity contribution >= 4 is 0 Å². The van der Waals surface area contributed by atoms with Crippen LogP contribution in [0.5, 0.6) is 0 Å². The van der Waals surface area contributed by atoms with Crippen molar-refractivity contribution in [1.29, 1.82) is 0 Å². The maximum atomic E-state index is 13.4. The minimum atomic E-state index is -6.92. The lowest BCUT2D eigenvalue weighted by Gasteiger charge is -2.30. The zero-order valence-electron chi connectivity index (χ0n) is 13.8. The average Bonchev–Trinajstić information content (AvgIpc) is 3.01. The van der Waals surface area contributed by atoms with Gasteiger partial charge in [-0.2, -0.15) is 65.9 Å². The summed E-state index contributed by atoms with van der Waals surface area (Å²) in [6.07, 6.45) is -33.5. The maximum Gasteiger partial charge on any atom is 0.417 e. The van der Waals surface area contributed by atoms with E-state index in [1.165, 1.54) is 0 Å². The molecule has 0 amide bonds. The topological polar surface area (TPSA) is 13.1 Å². The Morgan fingerprint density at radius 2 is 0.742 bits per heavy atom. The largest absolute Gasteiger partial charge is 0.464 e. The van der Waals surface area contributed by atoms with E-state index in [0.717, 1.165) is 0 Å². The quantitative estimate of drug-likeness (QED) is 0.374. The minimum absolute atomic E-state index is 0.132. The number of hydrogen-bond donors (Lipinski definition) is 0. The molecule has 0 N–H and O–H groups in total. The van der Waals surface area contributed by atoms with Gasteiger partial charge in [0.2, 0.25) is 0 Å². The predicted molar refractivity (Wildman–Crippen MR) is 69.2 cm³/mol. The van der Waals surface area contributed by atoms with Crippen LogP contribution >= 0.6 is 0 Å². The van der Waals surface area contributed by atoms with Crippen molar-refractivity contribution in [2.24, 2.45) is 0 Å². The summed E-state index contributed by atoms with van der Waals surface area (Å²) in [6, 6.07) is 0.640. The number of hydrogen-bond acceptors (Lipinski definition) is 1. The van der Waals surface area contributed by atoms with Gasteiger partial charge in [-0.15, -0.1) is 0 Å². The highest BCUT2D eigenvalue weighted by molar-refractivity contribution is 5.75. The number of alkyl halides is 15. The van der Waals surface area contributed by atoms with Crippen molar-refractivity contribution in [1.82, 2.24) is 0 Å². The number of benzene rings is 1. The van der Waals surface area contributed by atoms with E-state index in [2.05, 4.69) is 4.42 Å². The summed E-state index contributed by atoms with van der Waals surface area (Å²) in [4.78, 5) is 0. The first-order valence-corrected chi connectivity index (χ1v) is 7.23. The van der Waals surface area contributed by atoms with Gasteiger partial charge in [0, 0.05) is 5.56 Å². The Balaban J connectivity index is 3.50. The molecule has 1 nitrogen and oxygen atoms in total. The molecule has 0 atom stereocenters. The number of halogens is 15. The molecule has 174 valence electrons. The molecule has 1 aromatic carbocycles. The van der Waals surface area contributed by atoms with Gasteiger partial charge < -0.3 is 4.42 Å². The van der Waals surface area contributed by atoms with Crippen molar-refractivity contribution < 1.29 is 70.3 Å². The highest BCUT2D eigenvalue weighted by Gasteiger charge is 2.60. The molecule has 16 heteroatoms. The van der Waals surface area contributed by atoms with Crippen LogP contribution in [0.4, 0.5) is 65.9 Å². The first kappa shape index (κ1) is 24.7. The maximum absolute atomic E-state index is 13.4. The lowest BCUT2D eigenvalue weighted by Crippen LogP contribution is -2.32. The fourth-order valence-electron chi connectivity index (χ4n) is 2.83. The molecule has 0 saturated heterocycles. The molecule has 1 aromatic heterocycles. The Bertz CT molecular complexity index is 896. The molecule has 31 heavy (non-hydrogen) atoms. The van der Waals surface area contributed by atoms with Crippen LogP contribution in [0.15, 0.2) is 22.8 Å². The van der Waals surface area contributed by atoms with Gasteiger partial charge in [-0.1, -0.05) is 0 Å². The SMILES string of the molecule is FC(F)(F)c1c(-c2ccco2)c(C(F)(F)F)c(C(F)(F)F)c(C(F)(F)F)c1C(F)(F)F. The minimum Gasteiger partial charge on any atom is -0.464 e. The Labute approximate surface area is 160 Å². The molecule has 1 heterocycles. The summed E-state index contributed by atoms with van der Waals surface area (Å²) in [5, 5.41) is 0. The predicted octanol–water partition coefficient (Wildman–Crippen LogP) is 8.04. The van der Waals surface area contributed by atoms with Crippen molar-refractivity contribution in [3.63, 3.8) is 0 Å². The van der Waals surface area contributed by atoms with Crippen LogP contribution in [-0.4, -0.2) is 0 Å². The summed E-state index contributed by atoms with van der Waals surface area (Å²) in [6.45, 7) is 0. The van der Waals surface area contributed by atoms with Crippen LogP contribution in [0.2, 0.25) is 0 Å². The van der Waals surface area contributed by atoms with Crippen LogP contribution in [-0.2, 0) is 30.9 Å².